The van der Waals surface area contributed by atoms with E-state index in [9.17, 15) is 0 Å². The maximum absolute atomic E-state index is 5.37. The van der Waals surface area contributed by atoms with Crippen molar-refractivity contribution in [2.45, 2.75) is 12.3 Å². The number of aromatic nitrogens is 5. The Hall–Kier alpha value is -10.3. The average molecular weight is 1050 g/mol. The summed E-state index contributed by atoms with van der Waals surface area (Å²) in [5, 5.41) is 7.54. The minimum Gasteiger partial charge on any atom is -0.309 e. The second-order valence-corrected chi connectivity index (χ2v) is 22.0. The summed E-state index contributed by atoms with van der Waals surface area (Å²) in [5.41, 5.74) is 17.7. The average Bonchev–Trinajstić information content (AvgIpc) is 4.31. The van der Waals surface area contributed by atoms with E-state index in [0.717, 1.165) is 73.3 Å². The standard InChI is InChI=1S/C75H49N5S/c1-6-20-48(21-7-1)50-34-38-52(39-35-50)62-46-56(75-77-73(54-24-10-3-11-25-54)76-74(78-75)55-26-12-4-13-27-55)47-63(53-40-36-51(37-41-53)49-22-8-2-9-23-49)70(62)80-65-33-19-17-31-61(65)69-67(80)45-43-59-58-42-44-66-68(71(58)81-72(59)69)60-30-16-18-32-64(60)79(66)57-28-14-5-15-29-57/h1-36,38-47,51H,37H2. The number of hydrogen-bond acceptors (Lipinski definition) is 4. The van der Waals surface area contributed by atoms with E-state index < -0.39 is 0 Å². The van der Waals surface area contributed by atoms with E-state index in [1.165, 1.54) is 63.9 Å². The third-order valence-corrected chi connectivity index (χ3v) is 17.6. The van der Waals surface area contributed by atoms with Crippen molar-refractivity contribution < 1.29 is 0 Å². The minimum atomic E-state index is 0.250. The van der Waals surface area contributed by atoms with Gasteiger partial charge in [-0.3, -0.25) is 0 Å². The Morgan fingerprint density at radius 2 is 0.815 bits per heavy atom. The Morgan fingerprint density at radius 1 is 0.358 bits per heavy atom. The maximum Gasteiger partial charge on any atom is 0.164 e. The second kappa shape index (κ2) is 19.3. The highest BCUT2D eigenvalue weighted by atomic mass is 32.1. The topological polar surface area (TPSA) is 48.5 Å². The predicted octanol–water partition coefficient (Wildman–Crippen LogP) is 19.9. The van der Waals surface area contributed by atoms with E-state index in [-0.39, 0.29) is 5.92 Å². The smallest absolute Gasteiger partial charge is 0.164 e. The molecule has 0 fully saturated rings. The van der Waals surface area contributed by atoms with Gasteiger partial charge in [-0.2, -0.15) is 0 Å². The number of para-hydroxylation sites is 3. The molecule has 1 aliphatic rings. The fourth-order valence-corrected chi connectivity index (χ4v) is 13.9. The second-order valence-electron chi connectivity index (χ2n) is 21.0. The molecule has 16 rings (SSSR count). The van der Waals surface area contributed by atoms with Crippen LogP contribution in [0.1, 0.15) is 23.5 Å². The molecule has 0 aliphatic heterocycles. The molecule has 15 aromatic rings. The normalized spacial score (nSPS) is 13.5. The molecule has 0 spiro atoms. The van der Waals surface area contributed by atoms with Crippen LogP contribution in [0.3, 0.4) is 0 Å². The Labute approximate surface area is 472 Å². The summed E-state index contributed by atoms with van der Waals surface area (Å²) >= 11 is 1.92. The van der Waals surface area contributed by atoms with E-state index in [4.69, 9.17) is 15.0 Å². The third-order valence-electron chi connectivity index (χ3n) is 16.3. The van der Waals surface area contributed by atoms with E-state index in [0.29, 0.717) is 17.5 Å². The van der Waals surface area contributed by atoms with Crippen LogP contribution in [0.25, 0.3) is 137 Å². The largest absolute Gasteiger partial charge is 0.309 e. The van der Waals surface area contributed by atoms with Crippen molar-refractivity contribution in [3.8, 4) is 67.8 Å². The molecule has 81 heavy (non-hydrogen) atoms. The van der Waals surface area contributed by atoms with Crippen LogP contribution >= 0.6 is 11.3 Å². The summed E-state index contributed by atoms with van der Waals surface area (Å²) in [6.07, 6.45) is 8.03. The van der Waals surface area contributed by atoms with E-state index in [1.807, 2.05) is 47.7 Å². The summed E-state index contributed by atoms with van der Waals surface area (Å²) in [5.74, 6) is 2.10. The number of allylic oxidation sites excluding steroid dienone is 4. The van der Waals surface area contributed by atoms with Crippen LogP contribution in [0.4, 0.5) is 0 Å². The van der Waals surface area contributed by atoms with Gasteiger partial charge in [0.25, 0.3) is 0 Å². The lowest BCUT2D eigenvalue weighted by atomic mass is 9.85. The summed E-state index contributed by atoms with van der Waals surface area (Å²) in [6, 6.07) is 93.9. The van der Waals surface area contributed by atoms with Crippen molar-refractivity contribution >= 4 is 80.7 Å². The molecular formula is C75H49N5S. The van der Waals surface area contributed by atoms with Gasteiger partial charge >= 0.3 is 0 Å². The summed E-state index contributed by atoms with van der Waals surface area (Å²) in [6.45, 7) is 0. The quantitative estimate of drug-likeness (QED) is 0.145. The van der Waals surface area contributed by atoms with Gasteiger partial charge in [0, 0.05) is 81.1 Å². The number of rotatable bonds is 9. The number of nitrogens with zero attached hydrogens (tertiary/aromatic N) is 5. The fourth-order valence-electron chi connectivity index (χ4n) is 12.5. The molecule has 6 heteroatoms. The molecule has 4 heterocycles. The molecule has 0 saturated heterocycles. The number of benzene rings is 11. The zero-order valence-corrected chi connectivity index (χ0v) is 44.8. The van der Waals surface area contributed by atoms with E-state index in [2.05, 4.69) is 252 Å². The highest BCUT2D eigenvalue weighted by Gasteiger charge is 2.27. The van der Waals surface area contributed by atoms with Crippen LogP contribution in [-0.4, -0.2) is 24.1 Å². The van der Waals surface area contributed by atoms with Crippen LogP contribution < -0.4 is 0 Å². The predicted molar refractivity (Wildman–Crippen MR) is 339 cm³/mol. The van der Waals surface area contributed by atoms with Crippen LogP contribution in [0.15, 0.2) is 279 Å². The van der Waals surface area contributed by atoms with Crippen LogP contribution in [0.5, 0.6) is 0 Å². The number of hydrogen-bond donors (Lipinski definition) is 0. The van der Waals surface area contributed by atoms with Crippen LogP contribution in [0.2, 0.25) is 0 Å². The van der Waals surface area contributed by atoms with Crippen molar-refractivity contribution in [3.63, 3.8) is 0 Å². The van der Waals surface area contributed by atoms with Gasteiger partial charge in [-0.1, -0.05) is 231 Å². The van der Waals surface area contributed by atoms with Gasteiger partial charge in [0.15, 0.2) is 17.5 Å². The number of thiophene rings is 1. The molecule has 0 N–H and O–H groups in total. The van der Waals surface area contributed by atoms with Gasteiger partial charge in [-0.15, -0.1) is 11.3 Å². The Kier molecular flexibility index (Phi) is 11.1. The van der Waals surface area contributed by atoms with Gasteiger partial charge in [0.1, 0.15) is 0 Å². The van der Waals surface area contributed by atoms with Gasteiger partial charge in [-0.25, -0.2) is 15.0 Å². The van der Waals surface area contributed by atoms with Crippen molar-refractivity contribution in [1.29, 1.82) is 0 Å². The lowest BCUT2D eigenvalue weighted by Gasteiger charge is -2.23. The first-order chi connectivity index (χ1) is 40.2. The summed E-state index contributed by atoms with van der Waals surface area (Å²) in [4.78, 5) is 15.9. The van der Waals surface area contributed by atoms with Gasteiger partial charge in [0.05, 0.1) is 27.8 Å². The van der Waals surface area contributed by atoms with Gasteiger partial charge in [-0.05, 0) is 82.8 Å². The van der Waals surface area contributed by atoms with Crippen molar-refractivity contribution in [3.05, 3.63) is 290 Å². The molecule has 4 aromatic heterocycles. The first-order valence-electron chi connectivity index (χ1n) is 27.7. The SMILES string of the molecule is C1=CC(c2ccccc2)CC=C1c1cc(-c2nc(-c3ccccc3)nc(-c3ccccc3)n2)cc(-c2ccc(-c3ccccc3)cc2)c1-n1c2ccccc2c2c3sc4c(ccc5c4c4ccccc4n5-c4ccccc4)c3ccc21. The molecule has 1 aliphatic carbocycles. The highest BCUT2D eigenvalue weighted by Crippen LogP contribution is 2.50. The molecule has 5 nitrogen and oxygen atoms in total. The number of fused-ring (bicyclic) bond motifs is 11. The molecular weight excluding hydrogens is 1000 g/mol. The van der Waals surface area contributed by atoms with Gasteiger partial charge in [0.2, 0.25) is 0 Å². The Balaban J connectivity index is 0.994. The van der Waals surface area contributed by atoms with Crippen LogP contribution in [0, 0.1) is 0 Å². The minimum absolute atomic E-state index is 0.250. The lowest BCUT2D eigenvalue weighted by molar-refractivity contribution is 0.856. The highest BCUT2D eigenvalue weighted by molar-refractivity contribution is 7.27. The summed E-state index contributed by atoms with van der Waals surface area (Å²) < 4.78 is 7.56. The Bertz CT molecular complexity index is 4920. The van der Waals surface area contributed by atoms with Crippen molar-refractivity contribution in [2.75, 3.05) is 0 Å². The first kappa shape index (κ1) is 46.8. The fraction of sp³-hybridized carbons (Fsp3) is 0.0267. The lowest BCUT2D eigenvalue weighted by Crippen LogP contribution is -2.06. The maximum atomic E-state index is 5.37. The summed E-state index contributed by atoms with van der Waals surface area (Å²) in [7, 11) is 0. The van der Waals surface area contributed by atoms with E-state index >= 15 is 0 Å². The van der Waals surface area contributed by atoms with E-state index in [1.54, 1.807) is 0 Å². The van der Waals surface area contributed by atoms with Crippen LogP contribution in [-0.2, 0) is 0 Å². The molecule has 380 valence electrons. The molecule has 1 atom stereocenters. The zero-order chi connectivity index (χ0) is 53.4. The molecule has 11 aromatic carbocycles. The molecule has 0 saturated carbocycles. The molecule has 0 radical (unpaired) electrons. The zero-order valence-electron chi connectivity index (χ0n) is 44.0. The third kappa shape index (κ3) is 7.86. The van der Waals surface area contributed by atoms with Crippen molar-refractivity contribution in [2.24, 2.45) is 0 Å². The van der Waals surface area contributed by atoms with Crippen molar-refractivity contribution in [1.82, 2.24) is 24.1 Å². The first-order valence-corrected chi connectivity index (χ1v) is 28.5. The molecule has 0 bridgehead atoms. The monoisotopic (exact) mass is 1050 g/mol. The Morgan fingerprint density at radius 3 is 1.38 bits per heavy atom. The molecule has 0 amide bonds. The van der Waals surface area contributed by atoms with Gasteiger partial charge < -0.3 is 9.13 Å². The molecule has 1 unspecified atom stereocenters.